The first-order chi connectivity index (χ1) is 25.8. The molecule has 0 saturated carbocycles. The smallest absolute Gasteiger partial charge is 0.255 e. The highest BCUT2D eigenvalue weighted by Crippen LogP contribution is 2.33. The van der Waals surface area contributed by atoms with E-state index in [4.69, 9.17) is 10.5 Å². The van der Waals surface area contributed by atoms with Crippen LogP contribution in [0.15, 0.2) is 72.8 Å². The highest BCUT2D eigenvalue weighted by atomic mass is 16.5. The van der Waals surface area contributed by atoms with Gasteiger partial charge in [-0.25, -0.2) is 0 Å². The first kappa shape index (κ1) is 36.8. The number of nitrogens with two attached hydrogens (primary N) is 1. The molecule has 4 aromatic rings. The minimum atomic E-state index is -0.620. The van der Waals surface area contributed by atoms with Gasteiger partial charge >= 0.3 is 0 Å². The molecule has 1 unspecified atom stereocenters. The van der Waals surface area contributed by atoms with Crippen molar-refractivity contribution in [3.63, 3.8) is 0 Å². The average Bonchev–Trinajstić information content (AvgIpc) is 3.49. The molecule has 0 radical (unpaired) electrons. The Balaban J connectivity index is 0.828. The summed E-state index contributed by atoms with van der Waals surface area (Å²) >= 11 is 0. The highest BCUT2D eigenvalue weighted by molar-refractivity contribution is 6.06. The number of anilines is 2. The van der Waals surface area contributed by atoms with Crippen molar-refractivity contribution in [2.45, 2.75) is 70.4 Å². The summed E-state index contributed by atoms with van der Waals surface area (Å²) < 4.78 is 5.87. The minimum Gasteiger partial charge on any atom is -0.507 e. The third-order valence-corrected chi connectivity index (χ3v) is 9.62. The number of piperidine rings is 1. The summed E-state index contributed by atoms with van der Waals surface area (Å²) in [5, 5.41) is 27.0. The number of aromatic nitrogens is 2. The number of nitrogens with zero attached hydrogens (tertiary/aromatic N) is 3. The molecule has 13 heteroatoms. The third kappa shape index (κ3) is 9.28. The maximum atomic E-state index is 13.0. The van der Waals surface area contributed by atoms with Gasteiger partial charge in [-0.2, -0.15) is 0 Å². The van der Waals surface area contributed by atoms with Crippen LogP contribution < -0.4 is 26.4 Å². The second-order valence-electron chi connectivity index (χ2n) is 13.3. The van der Waals surface area contributed by atoms with Crippen LogP contribution in [0.3, 0.4) is 0 Å². The Labute approximate surface area is 308 Å². The van der Waals surface area contributed by atoms with E-state index in [-0.39, 0.29) is 35.7 Å². The van der Waals surface area contributed by atoms with Gasteiger partial charge in [0.1, 0.15) is 17.5 Å². The van der Waals surface area contributed by atoms with Crippen LogP contribution in [0.25, 0.3) is 11.3 Å². The number of aromatic hydroxyl groups is 1. The van der Waals surface area contributed by atoms with Crippen LogP contribution >= 0.6 is 0 Å². The molecule has 3 heterocycles. The summed E-state index contributed by atoms with van der Waals surface area (Å²) in [7, 11) is 0. The van der Waals surface area contributed by atoms with E-state index in [1.807, 2.05) is 36.4 Å². The largest absolute Gasteiger partial charge is 0.507 e. The summed E-state index contributed by atoms with van der Waals surface area (Å²) in [5.74, 6) is -0.313. The SMILES string of the molecule is Nc1nnc(-c2ccccc2O)cc1OCCc1ccc(C(=O)NCCCCCCCCNc2cccc3c2CN(C2CCC(=O)NC2=O)C3=O)cc1. The zero-order valence-corrected chi connectivity index (χ0v) is 29.6. The molecule has 13 nitrogen and oxygen atoms in total. The summed E-state index contributed by atoms with van der Waals surface area (Å²) in [6.07, 6.45) is 7.36. The molecule has 6 N–H and O–H groups in total. The van der Waals surface area contributed by atoms with Crippen LogP contribution in [0.5, 0.6) is 11.5 Å². The van der Waals surface area contributed by atoms with Crippen LogP contribution in [-0.2, 0) is 22.6 Å². The van der Waals surface area contributed by atoms with Gasteiger partial charge in [0.2, 0.25) is 11.8 Å². The molecule has 0 aliphatic carbocycles. The number of hydrogen-bond acceptors (Lipinski definition) is 10. The van der Waals surface area contributed by atoms with Gasteiger partial charge in [0.25, 0.3) is 11.8 Å². The molecule has 2 aliphatic heterocycles. The number of rotatable bonds is 17. The normalized spacial score (nSPS) is 15.2. The number of ether oxygens (including phenoxy) is 1. The van der Waals surface area contributed by atoms with E-state index in [1.54, 1.807) is 41.3 Å². The number of imide groups is 1. The van der Waals surface area contributed by atoms with E-state index in [0.717, 1.165) is 61.9 Å². The minimum absolute atomic E-state index is 0.0942. The molecule has 1 saturated heterocycles. The Morgan fingerprint density at radius 2 is 1.64 bits per heavy atom. The summed E-state index contributed by atoms with van der Waals surface area (Å²) in [5.41, 5.74) is 11.0. The van der Waals surface area contributed by atoms with Crippen LogP contribution in [0.2, 0.25) is 0 Å². The fraction of sp³-hybridized carbons (Fsp3) is 0.350. The van der Waals surface area contributed by atoms with Gasteiger partial charge in [-0.15, -0.1) is 10.2 Å². The van der Waals surface area contributed by atoms with Crippen molar-refractivity contribution in [2.24, 2.45) is 0 Å². The molecule has 1 atom stereocenters. The van der Waals surface area contributed by atoms with Crippen molar-refractivity contribution in [1.29, 1.82) is 0 Å². The van der Waals surface area contributed by atoms with Gasteiger partial charge in [-0.3, -0.25) is 24.5 Å². The predicted octanol–water partition coefficient (Wildman–Crippen LogP) is 5.00. The van der Waals surface area contributed by atoms with E-state index < -0.39 is 11.9 Å². The van der Waals surface area contributed by atoms with Gasteiger partial charge in [0.15, 0.2) is 11.6 Å². The zero-order chi connectivity index (χ0) is 37.2. The fourth-order valence-electron chi connectivity index (χ4n) is 6.66. The van der Waals surface area contributed by atoms with Gasteiger partial charge in [-0.05, 0) is 61.2 Å². The molecule has 0 bridgehead atoms. The van der Waals surface area contributed by atoms with Gasteiger partial charge in [0.05, 0.1) is 6.61 Å². The molecular weight excluding hydrogens is 674 g/mol. The van der Waals surface area contributed by atoms with Crippen molar-refractivity contribution >= 4 is 35.1 Å². The molecule has 1 fully saturated rings. The van der Waals surface area contributed by atoms with Crippen molar-refractivity contribution in [1.82, 2.24) is 25.7 Å². The number of carbonyl (C=O) groups excluding carboxylic acids is 4. The summed E-state index contributed by atoms with van der Waals surface area (Å²) in [6.45, 7) is 2.10. The Morgan fingerprint density at radius 1 is 0.906 bits per heavy atom. The van der Waals surface area contributed by atoms with E-state index >= 15 is 0 Å². The number of phenolic OH excluding ortho intramolecular Hbond substituents is 1. The third-order valence-electron chi connectivity index (χ3n) is 9.62. The molecule has 1 aromatic heterocycles. The van der Waals surface area contributed by atoms with E-state index in [1.165, 1.54) is 0 Å². The standard InChI is InChI=1S/C40H45N7O6/c41-37-35(24-32(45-46-37)29-10-5-6-13-34(29)48)53-23-20-26-14-16-27(17-15-26)38(50)43-22-8-4-2-1-3-7-21-42-31-12-9-11-28-30(31)25-47(40(28)52)33-18-19-36(49)44-39(33)51/h5-6,9-17,24,33,42,48H,1-4,7-8,18-23,25H2,(H2,41,46)(H,43,50)(H,44,49,51). The molecule has 6 rings (SSSR count). The maximum Gasteiger partial charge on any atom is 0.255 e. The average molecular weight is 720 g/mol. The maximum absolute atomic E-state index is 13.0. The van der Waals surface area contributed by atoms with Crippen LogP contribution in [-0.4, -0.2) is 69.6 Å². The number of fused-ring (bicyclic) bond motifs is 1. The number of amides is 4. The lowest BCUT2D eigenvalue weighted by Gasteiger charge is -2.29. The van der Waals surface area contributed by atoms with E-state index in [0.29, 0.717) is 60.7 Å². The molecular formula is C40H45N7O6. The Kier molecular flexibility index (Phi) is 12.1. The molecule has 0 spiro atoms. The lowest BCUT2D eigenvalue weighted by Crippen LogP contribution is -2.52. The van der Waals surface area contributed by atoms with Crippen molar-refractivity contribution < 1.29 is 29.0 Å². The second kappa shape index (κ2) is 17.5. The topological polar surface area (TPSA) is 189 Å². The molecule has 3 aromatic carbocycles. The van der Waals surface area contributed by atoms with Crippen LogP contribution in [0, 0.1) is 0 Å². The number of benzene rings is 3. The first-order valence-corrected chi connectivity index (χ1v) is 18.2. The Hall–Kier alpha value is -5.98. The van der Waals surface area contributed by atoms with Crippen molar-refractivity contribution in [3.05, 3.63) is 95.1 Å². The Morgan fingerprint density at radius 3 is 2.42 bits per heavy atom. The lowest BCUT2D eigenvalue weighted by molar-refractivity contribution is -0.136. The van der Waals surface area contributed by atoms with E-state index in [2.05, 4.69) is 26.1 Å². The van der Waals surface area contributed by atoms with E-state index in [9.17, 15) is 24.3 Å². The first-order valence-electron chi connectivity index (χ1n) is 18.2. The number of hydrogen-bond donors (Lipinski definition) is 5. The van der Waals surface area contributed by atoms with Crippen molar-refractivity contribution in [2.75, 3.05) is 30.7 Å². The summed E-state index contributed by atoms with van der Waals surface area (Å²) in [6, 6.07) is 21.0. The molecule has 2 aliphatic rings. The number of phenols is 1. The molecule has 53 heavy (non-hydrogen) atoms. The second-order valence-corrected chi connectivity index (χ2v) is 13.3. The zero-order valence-electron chi connectivity index (χ0n) is 29.6. The molecule has 4 amide bonds. The monoisotopic (exact) mass is 719 g/mol. The van der Waals surface area contributed by atoms with Gasteiger partial charge in [-0.1, -0.05) is 56.0 Å². The van der Waals surface area contributed by atoms with Crippen LogP contribution in [0.4, 0.5) is 11.5 Å². The van der Waals surface area contributed by atoms with Crippen LogP contribution in [0.1, 0.15) is 83.2 Å². The molecule has 276 valence electrons. The number of para-hydroxylation sites is 1. The van der Waals surface area contributed by atoms with Crippen molar-refractivity contribution in [3.8, 4) is 22.8 Å². The highest BCUT2D eigenvalue weighted by Gasteiger charge is 2.39. The fourth-order valence-corrected chi connectivity index (χ4v) is 6.66. The number of carbonyl (C=O) groups is 4. The lowest BCUT2D eigenvalue weighted by atomic mass is 10.0. The predicted molar refractivity (Wildman–Crippen MR) is 200 cm³/mol. The summed E-state index contributed by atoms with van der Waals surface area (Å²) in [4.78, 5) is 51.2. The Bertz CT molecular complexity index is 1950. The quantitative estimate of drug-likeness (QED) is 0.0734. The van der Waals surface area contributed by atoms with Gasteiger partial charge < -0.3 is 31.1 Å². The van der Waals surface area contributed by atoms with Gasteiger partial charge in [0, 0.05) is 66.5 Å². The number of unbranched alkanes of at least 4 members (excludes halogenated alkanes) is 5. The number of nitrogen functional groups attached to an aromatic ring is 1. The number of nitrogens with one attached hydrogen (secondary N) is 3.